The Morgan fingerprint density at radius 3 is 1.58 bits per heavy atom. The Bertz CT molecular complexity index is 1420. The van der Waals surface area contributed by atoms with Crippen molar-refractivity contribution in [3.63, 3.8) is 0 Å². The highest BCUT2D eigenvalue weighted by Crippen LogP contribution is 2.46. The molecule has 5 aliphatic rings. The van der Waals surface area contributed by atoms with Crippen molar-refractivity contribution in [3.8, 4) is 35.8 Å². The molecular weight excluding hydrogens is 657 g/mol. The van der Waals surface area contributed by atoms with Gasteiger partial charge in [0.2, 0.25) is 6.29 Å². The zero-order valence-electron chi connectivity index (χ0n) is 32.7. The summed E-state index contributed by atoms with van der Waals surface area (Å²) in [5.41, 5.74) is 0. The van der Waals surface area contributed by atoms with Crippen molar-refractivity contribution in [2.75, 3.05) is 0 Å². The summed E-state index contributed by atoms with van der Waals surface area (Å²) in [5, 5.41) is 18.9. The zero-order valence-corrected chi connectivity index (χ0v) is 32.7. The number of esters is 2. The fraction of sp³-hybridized carbons (Fsp3) is 0.787. The highest BCUT2D eigenvalue weighted by Gasteiger charge is 2.39. The van der Waals surface area contributed by atoms with E-state index in [1.54, 1.807) is 0 Å². The number of ether oxygens (including phenoxy) is 2. The van der Waals surface area contributed by atoms with Crippen LogP contribution < -0.4 is 0 Å². The van der Waals surface area contributed by atoms with Crippen molar-refractivity contribution in [1.82, 2.24) is 0 Å². The summed E-state index contributed by atoms with van der Waals surface area (Å²) in [6, 6.07) is 5.01. The third-order valence-electron chi connectivity index (χ3n) is 13.7. The zero-order chi connectivity index (χ0) is 37.4. The Morgan fingerprint density at radius 1 is 0.604 bits per heavy atom. The molecule has 53 heavy (non-hydrogen) atoms. The van der Waals surface area contributed by atoms with Crippen molar-refractivity contribution in [1.29, 1.82) is 10.5 Å². The molecular formula is C47H66N2O4. The molecule has 0 aromatic heterocycles. The molecule has 0 aliphatic heterocycles. The lowest BCUT2D eigenvalue weighted by molar-refractivity contribution is -0.190. The van der Waals surface area contributed by atoms with Crippen LogP contribution in [0.1, 0.15) is 161 Å². The lowest BCUT2D eigenvalue weighted by Crippen LogP contribution is -2.35. The van der Waals surface area contributed by atoms with Crippen molar-refractivity contribution >= 4 is 11.9 Å². The van der Waals surface area contributed by atoms with Gasteiger partial charge in [-0.1, -0.05) is 82.1 Å². The van der Waals surface area contributed by atoms with E-state index in [0.717, 1.165) is 109 Å². The number of nitriles is 2. The molecule has 5 fully saturated rings. The smallest absolute Gasteiger partial charge is 0.333 e. The summed E-state index contributed by atoms with van der Waals surface area (Å²) in [7, 11) is 0. The van der Waals surface area contributed by atoms with Gasteiger partial charge in [0, 0.05) is 48.0 Å². The van der Waals surface area contributed by atoms with E-state index >= 15 is 0 Å². The van der Waals surface area contributed by atoms with E-state index in [0.29, 0.717) is 48.3 Å². The van der Waals surface area contributed by atoms with E-state index in [9.17, 15) is 20.1 Å². The number of hydrogen-bond donors (Lipinski definition) is 0. The van der Waals surface area contributed by atoms with Gasteiger partial charge in [0.1, 0.15) is 0 Å². The first kappa shape index (κ1) is 41.0. The number of hydrogen-bond acceptors (Lipinski definition) is 6. The standard InChI is InChI=1S/C47H66N2O4/c1-3-5-6-7-8-9-10-11-12-46(52-45(50)4-2)53-47(51)44-31-36(14-13-34-17-23-42-29-37(32-48)19-25-40(42)27-34)16-22-39(44)21-15-35-18-24-43-30-38(33-49)20-26-41(43)28-35/h4,34-44,46H,2-3,5-12,16-20,22-31H2,1H3. The first-order chi connectivity index (χ1) is 25.9. The predicted molar refractivity (Wildman–Crippen MR) is 208 cm³/mol. The Morgan fingerprint density at radius 2 is 1.06 bits per heavy atom. The summed E-state index contributed by atoms with van der Waals surface area (Å²) < 4.78 is 11.6. The van der Waals surface area contributed by atoms with E-state index in [1.165, 1.54) is 38.5 Å². The lowest BCUT2D eigenvalue weighted by atomic mass is 9.65. The molecule has 0 aromatic carbocycles. The van der Waals surface area contributed by atoms with Gasteiger partial charge in [-0.25, -0.2) is 4.79 Å². The van der Waals surface area contributed by atoms with Crippen LogP contribution in [-0.2, 0) is 19.1 Å². The number of carbonyl (C=O) groups excluding carboxylic acids is 2. The molecule has 0 heterocycles. The molecule has 0 aromatic rings. The lowest BCUT2D eigenvalue weighted by Gasteiger charge is -2.39. The van der Waals surface area contributed by atoms with E-state index in [4.69, 9.17) is 9.47 Å². The summed E-state index contributed by atoms with van der Waals surface area (Å²) in [6.07, 6.45) is 25.5. The highest BCUT2D eigenvalue weighted by molar-refractivity contribution is 5.81. The van der Waals surface area contributed by atoms with Crippen molar-refractivity contribution in [2.45, 2.75) is 167 Å². The largest absolute Gasteiger partial charge is 0.425 e. The number of fused-ring (bicyclic) bond motifs is 2. The van der Waals surface area contributed by atoms with Gasteiger partial charge in [-0.15, -0.1) is 0 Å². The summed E-state index contributed by atoms with van der Waals surface area (Å²) in [4.78, 5) is 26.4. The van der Waals surface area contributed by atoms with Crippen LogP contribution in [0.5, 0.6) is 0 Å². The van der Waals surface area contributed by atoms with E-state index < -0.39 is 18.2 Å². The van der Waals surface area contributed by atoms with Crippen molar-refractivity contribution < 1.29 is 19.1 Å². The van der Waals surface area contributed by atoms with E-state index in [-0.39, 0.29) is 29.6 Å². The summed E-state index contributed by atoms with van der Waals surface area (Å²) >= 11 is 0. The maximum Gasteiger partial charge on any atom is 0.333 e. The molecule has 5 rings (SSSR count). The third-order valence-corrected chi connectivity index (χ3v) is 13.7. The topological polar surface area (TPSA) is 100 Å². The molecule has 6 nitrogen and oxygen atoms in total. The molecule has 288 valence electrons. The Labute approximate surface area is 321 Å². The molecule has 6 heteroatoms. The molecule has 0 amide bonds. The normalized spacial score (nSPS) is 34.1. The van der Waals surface area contributed by atoms with Crippen LogP contribution in [0.15, 0.2) is 12.7 Å². The number of nitrogens with zero attached hydrogens (tertiary/aromatic N) is 2. The van der Waals surface area contributed by atoms with Crippen LogP contribution in [0.3, 0.4) is 0 Å². The van der Waals surface area contributed by atoms with Gasteiger partial charge < -0.3 is 9.47 Å². The molecule has 0 radical (unpaired) electrons. The second-order valence-electron chi connectivity index (χ2n) is 17.4. The third kappa shape index (κ3) is 12.7. The van der Waals surface area contributed by atoms with Crippen LogP contribution in [0.2, 0.25) is 0 Å². The quantitative estimate of drug-likeness (QED) is 0.0617. The fourth-order valence-electron chi connectivity index (χ4n) is 10.5. The van der Waals surface area contributed by atoms with Gasteiger partial charge >= 0.3 is 11.9 Å². The average Bonchev–Trinajstić information content (AvgIpc) is 3.19. The number of unbranched alkanes of at least 4 members (excludes halogenated alkanes) is 7. The predicted octanol–water partition coefficient (Wildman–Crippen LogP) is 10.9. The van der Waals surface area contributed by atoms with Gasteiger partial charge in [0.15, 0.2) is 0 Å². The second-order valence-corrected chi connectivity index (χ2v) is 17.4. The van der Waals surface area contributed by atoms with Gasteiger partial charge in [0.05, 0.1) is 18.1 Å². The van der Waals surface area contributed by atoms with E-state index in [2.05, 4.69) is 49.3 Å². The van der Waals surface area contributed by atoms with Gasteiger partial charge in [0.25, 0.3) is 0 Å². The summed E-state index contributed by atoms with van der Waals surface area (Å²) in [5.74, 6) is 17.2. The van der Waals surface area contributed by atoms with Gasteiger partial charge in [-0.3, -0.25) is 4.79 Å². The molecule has 0 N–H and O–H groups in total. The molecule has 5 saturated carbocycles. The molecule has 0 saturated heterocycles. The fourth-order valence-corrected chi connectivity index (χ4v) is 10.5. The van der Waals surface area contributed by atoms with Crippen LogP contribution in [0, 0.1) is 111 Å². The molecule has 5 aliphatic carbocycles. The minimum Gasteiger partial charge on any atom is -0.425 e. The van der Waals surface area contributed by atoms with Crippen LogP contribution in [0.25, 0.3) is 0 Å². The first-order valence-electron chi connectivity index (χ1n) is 21.7. The number of carbonyl (C=O) groups is 2. The monoisotopic (exact) mass is 723 g/mol. The first-order valence-corrected chi connectivity index (χ1v) is 21.7. The van der Waals surface area contributed by atoms with Crippen LogP contribution in [-0.4, -0.2) is 18.2 Å². The Hall–Kier alpha value is -3.22. The van der Waals surface area contributed by atoms with Crippen LogP contribution >= 0.6 is 0 Å². The minimum absolute atomic E-state index is 0.0998. The summed E-state index contributed by atoms with van der Waals surface area (Å²) in [6.45, 7) is 5.79. The average molecular weight is 723 g/mol. The van der Waals surface area contributed by atoms with Crippen molar-refractivity contribution in [3.05, 3.63) is 12.7 Å². The highest BCUT2D eigenvalue weighted by atomic mass is 16.7. The second kappa shape index (κ2) is 21.6. The maximum absolute atomic E-state index is 14.1. The van der Waals surface area contributed by atoms with Crippen molar-refractivity contribution in [2.24, 2.45) is 65.1 Å². The Kier molecular flexibility index (Phi) is 16.7. The number of rotatable bonds is 13. The SMILES string of the molecule is C=CC(=O)OC(CCCCCCCCCC)OC(=O)C1CC(C#CC2CCC3CC(C#N)CCC3C2)CCC1C#CC1CCC2CC(C#N)CCC2C1. The van der Waals surface area contributed by atoms with E-state index in [1.807, 2.05) is 0 Å². The molecule has 0 bridgehead atoms. The van der Waals surface area contributed by atoms with Crippen LogP contribution in [0.4, 0.5) is 0 Å². The molecule has 0 spiro atoms. The van der Waals surface area contributed by atoms with Gasteiger partial charge in [-0.2, -0.15) is 10.5 Å². The molecule has 12 unspecified atom stereocenters. The molecule has 12 atom stereocenters. The minimum atomic E-state index is -0.918. The maximum atomic E-state index is 14.1. The van der Waals surface area contributed by atoms with Gasteiger partial charge in [-0.05, 0) is 126 Å². The Balaban J connectivity index is 1.22.